The van der Waals surface area contributed by atoms with Gasteiger partial charge in [0.2, 0.25) is 0 Å². The van der Waals surface area contributed by atoms with Crippen molar-refractivity contribution >= 4 is 28.4 Å². The van der Waals surface area contributed by atoms with Gasteiger partial charge < -0.3 is 14.4 Å². The molecule has 3 rings (SSSR count). The number of carbonyl (C=O) groups excluding carboxylic acids is 1. The van der Waals surface area contributed by atoms with Crippen molar-refractivity contribution in [3.63, 3.8) is 0 Å². The van der Waals surface area contributed by atoms with Crippen molar-refractivity contribution in [3.05, 3.63) is 71.4 Å². The SMILES string of the molecule is COCCN(Cc1ccccc1)C(=O)COc1ccc(Cl)c2cccnc12. The van der Waals surface area contributed by atoms with Gasteiger partial charge in [-0.05, 0) is 29.8 Å². The van der Waals surface area contributed by atoms with Gasteiger partial charge in [-0.3, -0.25) is 9.78 Å². The normalized spacial score (nSPS) is 10.7. The molecule has 2 aromatic carbocycles. The Bertz CT molecular complexity index is 902. The summed E-state index contributed by atoms with van der Waals surface area (Å²) < 4.78 is 10.9. The Morgan fingerprint density at radius 3 is 2.70 bits per heavy atom. The maximum absolute atomic E-state index is 12.7. The van der Waals surface area contributed by atoms with Crippen molar-refractivity contribution in [1.29, 1.82) is 0 Å². The zero-order valence-corrected chi connectivity index (χ0v) is 15.9. The number of fused-ring (bicyclic) bond motifs is 1. The second-order valence-electron chi connectivity index (χ2n) is 6.03. The average Bonchev–Trinajstić information content (AvgIpc) is 2.71. The largest absolute Gasteiger partial charge is 0.481 e. The van der Waals surface area contributed by atoms with E-state index in [1.54, 1.807) is 30.3 Å². The Kier molecular flexibility index (Phi) is 6.63. The summed E-state index contributed by atoms with van der Waals surface area (Å²) in [5, 5.41) is 1.40. The predicted molar refractivity (Wildman–Crippen MR) is 106 cm³/mol. The van der Waals surface area contributed by atoms with E-state index in [2.05, 4.69) is 4.98 Å². The Morgan fingerprint density at radius 2 is 1.93 bits per heavy atom. The Labute approximate surface area is 163 Å². The van der Waals surface area contributed by atoms with Crippen molar-refractivity contribution in [3.8, 4) is 5.75 Å². The van der Waals surface area contributed by atoms with Crippen molar-refractivity contribution in [2.24, 2.45) is 0 Å². The highest BCUT2D eigenvalue weighted by atomic mass is 35.5. The number of hydrogen-bond acceptors (Lipinski definition) is 4. The first-order valence-electron chi connectivity index (χ1n) is 8.65. The van der Waals surface area contributed by atoms with Crippen LogP contribution in [0, 0.1) is 0 Å². The van der Waals surface area contributed by atoms with Gasteiger partial charge in [0.15, 0.2) is 6.61 Å². The van der Waals surface area contributed by atoms with Gasteiger partial charge in [0.25, 0.3) is 5.91 Å². The maximum Gasteiger partial charge on any atom is 0.260 e. The van der Waals surface area contributed by atoms with E-state index in [1.165, 1.54) is 0 Å². The van der Waals surface area contributed by atoms with Crippen LogP contribution in [0.2, 0.25) is 5.02 Å². The molecule has 0 fully saturated rings. The summed E-state index contributed by atoms with van der Waals surface area (Å²) in [6.45, 7) is 1.38. The lowest BCUT2D eigenvalue weighted by Crippen LogP contribution is -2.36. The molecular formula is C21H21ClN2O3. The molecule has 0 spiro atoms. The van der Waals surface area contributed by atoms with Gasteiger partial charge in [-0.2, -0.15) is 0 Å². The molecule has 0 atom stereocenters. The van der Waals surface area contributed by atoms with Gasteiger partial charge in [0, 0.05) is 31.8 Å². The summed E-state index contributed by atoms with van der Waals surface area (Å²) in [6.07, 6.45) is 1.67. The third-order valence-electron chi connectivity index (χ3n) is 4.16. The molecule has 1 aromatic heterocycles. The Morgan fingerprint density at radius 1 is 1.11 bits per heavy atom. The predicted octanol–water partition coefficient (Wildman–Crippen LogP) is 3.94. The third kappa shape index (κ3) is 4.96. The van der Waals surface area contributed by atoms with Crippen LogP contribution in [0.4, 0.5) is 0 Å². The minimum Gasteiger partial charge on any atom is -0.481 e. The molecule has 0 N–H and O–H groups in total. The standard InChI is InChI=1S/C21H21ClN2O3/c1-26-13-12-24(14-16-6-3-2-4-7-16)20(25)15-27-19-10-9-18(22)17-8-5-11-23-21(17)19/h2-11H,12-15H2,1H3. The quantitative estimate of drug-likeness (QED) is 0.590. The van der Waals surface area contributed by atoms with E-state index in [4.69, 9.17) is 21.1 Å². The smallest absolute Gasteiger partial charge is 0.260 e. The molecule has 6 heteroatoms. The first kappa shape index (κ1) is 19.1. The number of hydrogen-bond donors (Lipinski definition) is 0. The number of pyridine rings is 1. The summed E-state index contributed by atoms with van der Waals surface area (Å²) in [4.78, 5) is 18.8. The van der Waals surface area contributed by atoms with E-state index < -0.39 is 0 Å². The monoisotopic (exact) mass is 384 g/mol. The second kappa shape index (κ2) is 9.35. The van der Waals surface area contributed by atoms with Gasteiger partial charge in [-0.15, -0.1) is 0 Å². The lowest BCUT2D eigenvalue weighted by Gasteiger charge is -2.23. The molecule has 0 aliphatic carbocycles. The Balaban J connectivity index is 1.71. The third-order valence-corrected chi connectivity index (χ3v) is 4.49. The fourth-order valence-corrected chi connectivity index (χ4v) is 2.97. The molecule has 140 valence electrons. The molecule has 0 unspecified atom stereocenters. The van der Waals surface area contributed by atoms with Crippen LogP contribution >= 0.6 is 11.6 Å². The highest BCUT2D eigenvalue weighted by molar-refractivity contribution is 6.35. The van der Waals surface area contributed by atoms with Crippen LogP contribution in [0.3, 0.4) is 0 Å². The minimum absolute atomic E-state index is 0.0795. The highest BCUT2D eigenvalue weighted by Gasteiger charge is 2.16. The van der Waals surface area contributed by atoms with Gasteiger partial charge >= 0.3 is 0 Å². The summed E-state index contributed by atoms with van der Waals surface area (Å²) in [5.74, 6) is 0.421. The van der Waals surface area contributed by atoms with Crippen molar-refractivity contribution in [2.45, 2.75) is 6.54 Å². The first-order valence-corrected chi connectivity index (χ1v) is 9.03. The highest BCUT2D eigenvalue weighted by Crippen LogP contribution is 2.29. The molecular weight excluding hydrogens is 364 g/mol. The lowest BCUT2D eigenvalue weighted by atomic mass is 10.2. The zero-order chi connectivity index (χ0) is 19.1. The Hall–Kier alpha value is -2.63. The van der Waals surface area contributed by atoms with Crippen LogP contribution in [-0.2, 0) is 16.1 Å². The van der Waals surface area contributed by atoms with Crippen LogP contribution in [0.5, 0.6) is 5.75 Å². The van der Waals surface area contributed by atoms with Gasteiger partial charge in [-0.1, -0.05) is 41.9 Å². The van der Waals surface area contributed by atoms with E-state index in [9.17, 15) is 4.79 Å². The number of methoxy groups -OCH3 is 1. The molecule has 3 aromatic rings. The van der Waals surface area contributed by atoms with Crippen LogP contribution in [-0.4, -0.2) is 42.7 Å². The molecule has 0 saturated heterocycles. The topological polar surface area (TPSA) is 51.7 Å². The van der Waals surface area contributed by atoms with Crippen molar-refractivity contribution < 1.29 is 14.3 Å². The van der Waals surface area contributed by atoms with E-state index in [-0.39, 0.29) is 12.5 Å². The molecule has 0 aliphatic heterocycles. The fourth-order valence-electron chi connectivity index (χ4n) is 2.76. The molecule has 1 heterocycles. The number of amides is 1. The van der Waals surface area contributed by atoms with Gasteiger partial charge in [0.05, 0.1) is 11.6 Å². The number of nitrogens with zero attached hydrogens (tertiary/aromatic N) is 2. The first-order chi connectivity index (χ1) is 13.2. The number of carbonyl (C=O) groups is 1. The zero-order valence-electron chi connectivity index (χ0n) is 15.1. The summed E-state index contributed by atoms with van der Waals surface area (Å²) in [7, 11) is 1.62. The number of halogens is 1. The molecule has 0 bridgehead atoms. The van der Waals surface area contributed by atoms with Crippen LogP contribution in [0.1, 0.15) is 5.56 Å². The molecule has 5 nitrogen and oxygen atoms in total. The number of benzene rings is 2. The molecule has 27 heavy (non-hydrogen) atoms. The van der Waals surface area contributed by atoms with Crippen molar-refractivity contribution in [2.75, 3.05) is 26.9 Å². The molecule has 1 amide bonds. The van der Waals surface area contributed by atoms with E-state index in [1.807, 2.05) is 42.5 Å². The second-order valence-corrected chi connectivity index (χ2v) is 6.43. The van der Waals surface area contributed by atoms with Gasteiger partial charge in [-0.25, -0.2) is 0 Å². The van der Waals surface area contributed by atoms with Crippen LogP contribution in [0.15, 0.2) is 60.8 Å². The molecule has 0 saturated carbocycles. The average molecular weight is 385 g/mol. The maximum atomic E-state index is 12.7. The summed E-state index contributed by atoms with van der Waals surface area (Å²) >= 11 is 6.21. The van der Waals surface area contributed by atoms with E-state index >= 15 is 0 Å². The van der Waals surface area contributed by atoms with E-state index in [0.717, 1.165) is 10.9 Å². The lowest BCUT2D eigenvalue weighted by molar-refractivity contribution is -0.134. The summed E-state index contributed by atoms with van der Waals surface area (Å²) in [6, 6.07) is 17.0. The number of rotatable bonds is 8. The molecule has 0 radical (unpaired) electrons. The van der Waals surface area contributed by atoms with Crippen molar-refractivity contribution in [1.82, 2.24) is 9.88 Å². The van der Waals surface area contributed by atoms with Gasteiger partial charge in [0.1, 0.15) is 11.3 Å². The summed E-state index contributed by atoms with van der Waals surface area (Å²) in [5.41, 5.74) is 1.70. The fraction of sp³-hybridized carbons (Fsp3) is 0.238. The van der Waals surface area contributed by atoms with Crippen LogP contribution in [0.25, 0.3) is 10.9 Å². The van der Waals surface area contributed by atoms with Crippen LogP contribution < -0.4 is 4.74 Å². The van der Waals surface area contributed by atoms with E-state index in [0.29, 0.717) is 36.0 Å². The minimum atomic E-state index is -0.116. The number of ether oxygens (including phenoxy) is 2. The molecule has 0 aliphatic rings. The number of aromatic nitrogens is 1.